The SMILES string of the molecule is COC(=O)c1cc(-c2ccccc2)ccc1Br.COC(=O)c1cc(I)ccc1Br.NCc1cc(-c2ccccc2)ccc1Br.NN.O=C(O)c1cc(Cl)cc(Cl)c1.O=C(c1cc(-c2ccccc2)ccc1Br)N1C(=O)c2ccccc2C1=O.O=C1NC(=O)c2ccccc21.OB(O)c1ccccc1.OCc1cc(-c2ccccc2)ccc1Br. The molecule has 118 heavy (non-hydrogen) atoms. The number of methoxy groups -OCH3 is 2. The fourth-order valence-electron chi connectivity index (χ4n) is 10.8. The van der Waals surface area contributed by atoms with Crippen LogP contribution in [0.5, 0.6) is 0 Å². The van der Waals surface area contributed by atoms with Gasteiger partial charge in [-0.05, 0) is 241 Å². The molecule has 13 aromatic carbocycles. The highest BCUT2D eigenvalue weighted by atomic mass is 127. The minimum absolute atomic E-state index is 0.0568. The normalized spacial score (nSPS) is 10.9. The lowest BCUT2D eigenvalue weighted by Crippen LogP contribution is -2.36. The number of aliphatic hydroxyl groups is 1. The summed E-state index contributed by atoms with van der Waals surface area (Å²) in [6.07, 6.45) is 0. The maximum Gasteiger partial charge on any atom is 0.488 e. The number of halogens is 8. The number of aliphatic hydroxyl groups excluding tert-OH is 1. The number of fused-ring (bicyclic) bond motifs is 2. The maximum absolute atomic E-state index is 13.0. The van der Waals surface area contributed by atoms with Gasteiger partial charge < -0.3 is 35.5 Å². The molecule has 28 heteroatoms. The Morgan fingerprint density at radius 3 is 1.10 bits per heavy atom. The van der Waals surface area contributed by atoms with Gasteiger partial charge in [0.05, 0.1) is 65.3 Å². The highest BCUT2D eigenvalue weighted by molar-refractivity contribution is 14.1. The molecule has 600 valence electrons. The zero-order chi connectivity index (χ0) is 86.0. The van der Waals surface area contributed by atoms with Crippen molar-refractivity contribution in [2.24, 2.45) is 17.4 Å². The molecule has 2 heterocycles. The molecule has 5 amide bonds. The summed E-state index contributed by atoms with van der Waals surface area (Å²) in [6, 6.07) is 94.7. The Morgan fingerprint density at radius 1 is 0.415 bits per heavy atom. The van der Waals surface area contributed by atoms with Gasteiger partial charge in [-0.2, -0.15) is 0 Å². The molecular weight excluding hydrogens is 1980 g/mol. The lowest BCUT2D eigenvalue weighted by molar-refractivity contribution is 0.0556. The number of hydrogen-bond donors (Lipinski definition) is 8. The summed E-state index contributed by atoms with van der Waals surface area (Å²) < 4.78 is 14.4. The topological polar surface area (TPSA) is 329 Å². The number of benzene rings is 13. The number of carbonyl (C=O) groups excluding carboxylic acids is 7. The zero-order valence-electron chi connectivity index (χ0n) is 62.5. The molecule has 0 radical (unpaired) electrons. The van der Waals surface area contributed by atoms with Crippen molar-refractivity contribution in [3.63, 3.8) is 0 Å². The van der Waals surface area contributed by atoms with E-state index in [1.807, 2.05) is 164 Å². The van der Waals surface area contributed by atoms with Crippen LogP contribution in [0.3, 0.4) is 0 Å². The number of nitrogens with two attached hydrogens (primary N) is 3. The first-order valence-corrected chi connectivity index (χ1v) is 40.8. The van der Waals surface area contributed by atoms with Crippen LogP contribution in [0.25, 0.3) is 44.5 Å². The number of carbonyl (C=O) groups is 8. The fourth-order valence-corrected chi connectivity index (χ4v) is 13.9. The third kappa shape index (κ3) is 27.7. The van der Waals surface area contributed by atoms with E-state index >= 15 is 0 Å². The van der Waals surface area contributed by atoms with E-state index in [9.17, 15) is 38.4 Å². The van der Waals surface area contributed by atoms with Crippen LogP contribution in [-0.4, -0.2) is 93.9 Å². The van der Waals surface area contributed by atoms with Gasteiger partial charge in [-0.25, -0.2) is 19.3 Å². The molecule has 0 saturated heterocycles. The third-order valence-corrected chi connectivity index (χ3v) is 21.4. The first-order valence-electron chi connectivity index (χ1n) is 35.0. The van der Waals surface area contributed by atoms with Gasteiger partial charge in [-0.15, -0.1) is 0 Å². The third-order valence-electron chi connectivity index (χ3n) is 16.7. The van der Waals surface area contributed by atoms with E-state index in [1.165, 1.54) is 49.1 Å². The number of carboxylic acids is 1. The Kier molecular flexibility index (Phi) is 39.1. The summed E-state index contributed by atoms with van der Waals surface area (Å²) in [5.74, 6) is 3.89. The molecular formula is C90H72BBr5Cl2IN5O14. The molecule has 0 fully saturated rings. The number of ether oxygens (including phenoxy) is 2. The lowest BCUT2D eigenvalue weighted by Gasteiger charge is -2.14. The van der Waals surface area contributed by atoms with Crippen molar-refractivity contribution in [1.29, 1.82) is 0 Å². The Morgan fingerprint density at radius 2 is 0.737 bits per heavy atom. The van der Waals surface area contributed by atoms with Gasteiger partial charge in [0.15, 0.2) is 0 Å². The monoisotopic (exact) mass is 2050 g/mol. The molecule has 15 rings (SSSR count). The summed E-state index contributed by atoms with van der Waals surface area (Å²) >= 11 is 30.1. The van der Waals surface area contributed by atoms with Crippen molar-refractivity contribution < 1.29 is 68.1 Å². The predicted molar refractivity (Wildman–Crippen MR) is 489 cm³/mol. The van der Waals surface area contributed by atoms with Gasteiger partial charge in [0.2, 0.25) is 0 Å². The Balaban J connectivity index is 0.000000190. The number of rotatable bonds is 11. The van der Waals surface area contributed by atoms with Crippen LogP contribution in [-0.2, 0) is 22.6 Å². The minimum Gasteiger partial charge on any atom is -0.478 e. The van der Waals surface area contributed by atoms with Gasteiger partial charge in [0.1, 0.15) is 0 Å². The van der Waals surface area contributed by atoms with Crippen LogP contribution in [0.15, 0.2) is 332 Å². The second-order valence-electron chi connectivity index (χ2n) is 24.3. The predicted octanol–water partition coefficient (Wildman–Crippen LogP) is 19.9. The number of amides is 5. The summed E-state index contributed by atoms with van der Waals surface area (Å²) in [4.78, 5) is 93.8. The molecule has 0 spiro atoms. The summed E-state index contributed by atoms with van der Waals surface area (Å²) in [7, 11) is 1.41. The second kappa shape index (κ2) is 48.6. The smallest absolute Gasteiger partial charge is 0.478 e. The molecule has 0 saturated carbocycles. The molecule has 0 atom stereocenters. The summed E-state index contributed by atoms with van der Waals surface area (Å²) in [6.45, 7) is 0.614. The molecule has 11 N–H and O–H groups in total. The highest BCUT2D eigenvalue weighted by Crippen LogP contribution is 2.33. The van der Waals surface area contributed by atoms with Gasteiger partial charge in [-0.3, -0.25) is 41.0 Å². The number of hydrazine groups is 1. The van der Waals surface area contributed by atoms with E-state index in [0.717, 1.165) is 60.4 Å². The number of hydrogen-bond acceptors (Lipinski definition) is 16. The quantitative estimate of drug-likeness (QED) is 0.0149. The van der Waals surface area contributed by atoms with Gasteiger partial charge in [-0.1, -0.05) is 255 Å². The van der Waals surface area contributed by atoms with Crippen LogP contribution in [0.1, 0.15) is 94.0 Å². The Bertz CT molecular complexity index is 5470. The van der Waals surface area contributed by atoms with Crippen molar-refractivity contribution in [3.8, 4) is 44.5 Å². The molecule has 0 aliphatic carbocycles. The number of nitrogens with one attached hydrogen (secondary N) is 1. The lowest BCUT2D eigenvalue weighted by atomic mass is 9.81. The van der Waals surface area contributed by atoms with Crippen LogP contribution in [0.4, 0.5) is 0 Å². The number of imide groups is 4. The maximum atomic E-state index is 13.0. The number of carboxylic acid groups (broad SMARTS) is 1. The van der Waals surface area contributed by atoms with E-state index in [0.29, 0.717) is 53.7 Å². The minimum atomic E-state index is -1.34. The standard InChI is InChI=1S/C21H12BrNO3.C14H11BrO2.C13H12BrN.C13H11BrO.C8H6BrIO2.C8H5NO2.C7H4Cl2O2.C6H7BO2.H4N2/c22-18-11-10-14(13-6-2-1-3-7-13)12-17(18)21(26)23-19(24)15-8-4-5-9-16(15)20(23)25;1-17-14(16)12-9-11(7-8-13(12)15)10-5-3-2-4-6-10;2*14-13-7-6-11(8-12(13)9-15)10-4-2-1-3-5-10;1-12-8(11)6-4-5(10)2-3-7(6)9;10-7-5-3-1-2-4-6(5)8(11)9-7;8-5-1-4(7(10)11)2-6(9)3-5;8-7(9)6-4-2-1-3-5-6;1-2/h1-12H;2-9H,1H3;1-8H,9,15H2;1-8,15H,9H2;2-4H,1H3;1-4H,(H,9,10,11);1-3H,(H,10,11);1-5,8-9H;1-2H2. The number of nitrogens with zero attached hydrogens (tertiary/aromatic N) is 1. The Hall–Kier alpha value is -10.2. The molecule has 19 nitrogen and oxygen atoms in total. The van der Waals surface area contributed by atoms with Crippen molar-refractivity contribution in [2.45, 2.75) is 13.2 Å². The van der Waals surface area contributed by atoms with Crippen LogP contribution in [0, 0.1) is 3.57 Å². The van der Waals surface area contributed by atoms with Crippen molar-refractivity contribution in [2.75, 3.05) is 14.2 Å². The Labute approximate surface area is 747 Å². The fraction of sp³-hybridized carbons (Fsp3) is 0.0444. The largest absolute Gasteiger partial charge is 0.488 e. The summed E-state index contributed by atoms with van der Waals surface area (Å²) in [5, 5.41) is 37.7. The molecule has 0 bridgehead atoms. The van der Waals surface area contributed by atoms with Gasteiger partial charge >= 0.3 is 25.0 Å². The van der Waals surface area contributed by atoms with Crippen molar-refractivity contribution in [1.82, 2.24) is 10.2 Å². The van der Waals surface area contributed by atoms with E-state index < -0.39 is 30.8 Å². The average Bonchev–Trinajstić information content (AvgIpc) is 1.61. The number of aromatic carboxylic acids is 1. The number of esters is 2. The van der Waals surface area contributed by atoms with Crippen LogP contribution >= 0.6 is 125 Å². The molecule has 0 unspecified atom stereocenters. The van der Waals surface area contributed by atoms with E-state index in [-0.39, 0.29) is 52.6 Å². The van der Waals surface area contributed by atoms with Gasteiger partial charge in [0, 0.05) is 42.5 Å². The molecule has 13 aromatic rings. The van der Waals surface area contributed by atoms with E-state index in [4.69, 9.17) is 53.9 Å². The first-order chi connectivity index (χ1) is 56.7. The molecule has 0 aromatic heterocycles. The van der Waals surface area contributed by atoms with Crippen molar-refractivity contribution in [3.05, 3.63) is 401 Å². The second-order valence-corrected chi connectivity index (χ2v) is 30.7. The molecule has 2 aliphatic heterocycles. The van der Waals surface area contributed by atoms with Crippen LogP contribution < -0.4 is 28.2 Å². The van der Waals surface area contributed by atoms with Crippen molar-refractivity contribution >= 4 is 185 Å². The van der Waals surface area contributed by atoms with Gasteiger partial charge in [0.25, 0.3) is 29.5 Å². The molecule has 2 aliphatic rings. The summed E-state index contributed by atoms with van der Waals surface area (Å²) in [5.41, 5.74) is 19.7. The zero-order valence-corrected chi connectivity index (χ0v) is 74.1. The average molecular weight is 2060 g/mol. The van der Waals surface area contributed by atoms with E-state index in [1.54, 1.807) is 91.0 Å². The first kappa shape index (κ1) is 94.9. The van der Waals surface area contributed by atoms with Crippen LogP contribution in [0.2, 0.25) is 10.0 Å². The van der Waals surface area contributed by atoms with E-state index in [2.05, 4.69) is 160 Å². The highest BCUT2D eigenvalue weighted by Gasteiger charge is 2.40.